The van der Waals surface area contributed by atoms with Crippen LogP contribution in [0.2, 0.25) is 0 Å². The first kappa shape index (κ1) is 27.2. The van der Waals surface area contributed by atoms with Crippen LogP contribution in [0.3, 0.4) is 0 Å². The molecular weight excluding hydrogens is 535 g/mol. The maximum absolute atomic E-state index is 5.53. The molecule has 10 heteroatoms. The van der Waals surface area contributed by atoms with E-state index < -0.39 is 0 Å². The number of aromatic nitrogens is 2. The van der Waals surface area contributed by atoms with Crippen LogP contribution in [0, 0.1) is 0 Å². The number of benzene rings is 1. The molecular formula is C23H37IN6O3. The first-order valence-corrected chi connectivity index (χ1v) is 11.3. The second kappa shape index (κ2) is 13.6. The van der Waals surface area contributed by atoms with Gasteiger partial charge in [-0.3, -0.25) is 9.89 Å². The molecule has 1 fully saturated rings. The van der Waals surface area contributed by atoms with Gasteiger partial charge in [-0.2, -0.15) is 4.98 Å². The molecule has 1 aliphatic heterocycles. The van der Waals surface area contributed by atoms with Crippen molar-refractivity contribution >= 4 is 29.9 Å². The van der Waals surface area contributed by atoms with Gasteiger partial charge < -0.3 is 24.2 Å². The lowest BCUT2D eigenvalue weighted by molar-refractivity contribution is 0.171. The minimum absolute atomic E-state index is 0. The lowest BCUT2D eigenvalue weighted by atomic mass is 10.1. The lowest BCUT2D eigenvalue weighted by Gasteiger charge is -2.36. The number of piperazine rings is 1. The van der Waals surface area contributed by atoms with Gasteiger partial charge in [0.15, 0.2) is 11.8 Å². The van der Waals surface area contributed by atoms with Crippen LogP contribution in [0.15, 0.2) is 27.7 Å². The molecule has 2 aromatic rings. The first-order valence-electron chi connectivity index (χ1n) is 11.3. The molecule has 0 aliphatic carbocycles. The van der Waals surface area contributed by atoms with Crippen molar-refractivity contribution in [2.75, 3.05) is 53.5 Å². The molecule has 1 saturated heterocycles. The third kappa shape index (κ3) is 7.73. The molecule has 33 heavy (non-hydrogen) atoms. The van der Waals surface area contributed by atoms with Crippen LogP contribution >= 0.6 is 24.0 Å². The summed E-state index contributed by atoms with van der Waals surface area (Å²) in [6.07, 6.45) is 0.643. The summed E-state index contributed by atoms with van der Waals surface area (Å²) in [5, 5.41) is 7.44. The fourth-order valence-electron chi connectivity index (χ4n) is 3.65. The monoisotopic (exact) mass is 572 g/mol. The number of aliphatic imine (C=N–C) groups is 1. The minimum atomic E-state index is 0. The standard InChI is InChI=1S/C23H36N6O3.HI/c1-6-24-23(25-10-9-21-26-22(17(2)3)27-32-21)29-13-11-28(12-14-29)16-18-15-19(30-4)7-8-20(18)31-5;/h7-8,15,17H,6,9-14,16H2,1-5H3,(H,24,25);1H. The fourth-order valence-corrected chi connectivity index (χ4v) is 3.65. The van der Waals surface area contributed by atoms with Gasteiger partial charge in [0.25, 0.3) is 0 Å². The Morgan fingerprint density at radius 3 is 2.55 bits per heavy atom. The Hall–Kier alpha value is -2.08. The Balaban J connectivity index is 0.00000385. The summed E-state index contributed by atoms with van der Waals surface area (Å²) in [6.45, 7) is 12.2. The van der Waals surface area contributed by atoms with Crippen LogP contribution in [0.25, 0.3) is 0 Å². The van der Waals surface area contributed by atoms with Crippen LogP contribution in [-0.2, 0) is 13.0 Å². The van der Waals surface area contributed by atoms with Crippen molar-refractivity contribution in [2.45, 2.75) is 39.7 Å². The number of halogens is 1. The lowest BCUT2D eigenvalue weighted by Crippen LogP contribution is -2.52. The number of hydrogen-bond donors (Lipinski definition) is 1. The van der Waals surface area contributed by atoms with E-state index in [1.165, 1.54) is 0 Å². The third-order valence-electron chi connectivity index (χ3n) is 5.48. The van der Waals surface area contributed by atoms with Gasteiger partial charge in [-0.15, -0.1) is 24.0 Å². The van der Waals surface area contributed by atoms with Crippen molar-refractivity contribution in [3.05, 3.63) is 35.5 Å². The first-order chi connectivity index (χ1) is 15.5. The van der Waals surface area contributed by atoms with E-state index in [1.54, 1.807) is 14.2 Å². The number of rotatable bonds is 9. The molecule has 0 amide bonds. The van der Waals surface area contributed by atoms with Gasteiger partial charge in [-0.1, -0.05) is 19.0 Å². The van der Waals surface area contributed by atoms with Gasteiger partial charge in [0.2, 0.25) is 5.89 Å². The van der Waals surface area contributed by atoms with Crippen molar-refractivity contribution in [1.29, 1.82) is 0 Å². The summed E-state index contributed by atoms with van der Waals surface area (Å²) in [5.74, 6) is 4.34. The largest absolute Gasteiger partial charge is 0.497 e. The molecule has 1 N–H and O–H groups in total. The Labute approximate surface area is 213 Å². The predicted octanol–water partition coefficient (Wildman–Crippen LogP) is 3.15. The number of ether oxygens (including phenoxy) is 2. The average molecular weight is 572 g/mol. The summed E-state index contributed by atoms with van der Waals surface area (Å²) in [6, 6.07) is 5.95. The van der Waals surface area contributed by atoms with Crippen molar-refractivity contribution < 1.29 is 14.0 Å². The fraction of sp³-hybridized carbons (Fsp3) is 0.609. The molecule has 0 spiro atoms. The third-order valence-corrected chi connectivity index (χ3v) is 5.48. The SMILES string of the molecule is CCNC(=NCCc1nc(C(C)C)no1)N1CCN(Cc2cc(OC)ccc2OC)CC1.I. The van der Waals surface area contributed by atoms with Crippen molar-refractivity contribution in [1.82, 2.24) is 25.3 Å². The average Bonchev–Trinajstić information content (AvgIpc) is 3.28. The zero-order chi connectivity index (χ0) is 22.9. The molecule has 0 unspecified atom stereocenters. The molecule has 1 aromatic heterocycles. The highest BCUT2D eigenvalue weighted by atomic mass is 127. The summed E-state index contributed by atoms with van der Waals surface area (Å²) in [4.78, 5) is 14.0. The summed E-state index contributed by atoms with van der Waals surface area (Å²) >= 11 is 0. The van der Waals surface area contributed by atoms with Gasteiger partial charge >= 0.3 is 0 Å². The zero-order valence-corrected chi connectivity index (χ0v) is 22.7. The van der Waals surface area contributed by atoms with Gasteiger partial charge in [-0.05, 0) is 25.1 Å². The quantitative estimate of drug-likeness (QED) is 0.279. The van der Waals surface area contributed by atoms with E-state index in [2.05, 4.69) is 52.1 Å². The minimum Gasteiger partial charge on any atom is -0.497 e. The van der Waals surface area contributed by atoms with E-state index in [0.29, 0.717) is 18.9 Å². The van der Waals surface area contributed by atoms with E-state index in [4.69, 9.17) is 19.0 Å². The van der Waals surface area contributed by atoms with Gasteiger partial charge in [-0.25, -0.2) is 0 Å². The summed E-state index contributed by atoms with van der Waals surface area (Å²) < 4.78 is 16.2. The van der Waals surface area contributed by atoms with E-state index in [-0.39, 0.29) is 29.9 Å². The van der Waals surface area contributed by atoms with Crippen LogP contribution in [0.5, 0.6) is 11.5 Å². The van der Waals surface area contributed by atoms with E-state index >= 15 is 0 Å². The topological polar surface area (TPSA) is 88.2 Å². The Bertz CT molecular complexity index is 881. The highest BCUT2D eigenvalue weighted by Crippen LogP contribution is 2.25. The molecule has 0 bridgehead atoms. The number of methoxy groups -OCH3 is 2. The molecule has 184 valence electrons. The maximum Gasteiger partial charge on any atom is 0.228 e. The molecule has 0 saturated carbocycles. The van der Waals surface area contributed by atoms with Crippen LogP contribution in [0.4, 0.5) is 0 Å². The van der Waals surface area contributed by atoms with Crippen molar-refractivity contribution in [2.24, 2.45) is 4.99 Å². The highest BCUT2D eigenvalue weighted by molar-refractivity contribution is 14.0. The smallest absolute Gasteiger partial charge is 0.228 e. The molecule has 1 aromatic carbocycles. The highest BCUT2D eigenvalue weighted by Gasteiger charge is 2.21. The number of guanidine groups is 1. The Morgan fingerprint density at radius 2 is 1.94 bits per heavy atom. The summed E-state index contributed by atoms with van der Waals surface area (Å²) in [7, 11) is 3.40. The van der Waals surface area contributed by atoms with Crippen LogP contribution in [-0.4, -0.2) is 79.4 Å². The van der Waals surface area contributed by atoms with Crippen LogP contribution in [0.1, 0.15) is 44.0 Å². The van der Waals surface area contributed by atoms with Gasteiger partial charge in [0, 0.05) is 57.2 Å². The Kier molecular flexibility index (Phi) is 11.2. The molecule has 2 heterocycles. The maximum atomic E-state index is 5.53. The Morgan fingerprint density at radius 1 is 1.18 bits per heavy atom. The number of hydrogen-bond acceptors (Lipinski definition) is 7. The van der Waals surface area contributed by atoms with Gasteiger partial charge in [0.1, 0.15) is 11.5 Å². The molecule has 0 atom stereocenters. The molecule has 1 aliphatic rings. The predicted molar refractivity (Wildman–Crippen MR) is 140 cm³/mol. The van der Waals surface area contributed by atoms with E-state index in [0.717, 1.165) is 68.1 Å². The number of nitrogens with zero attached hydrogens (tertiary/aromatic N) is 5. The van der Waals surface area contributed by atoms with E-state index in [1.807, 2.05) is 12.1 Å². The van der Waals surface area contributed by atoms with E-state index in [9.17, 15) is 0 Å². The molecule has 3 rings (SSSR count). The summed E-state index contributed by atoms with van der Waals surface area (Å²) in [5.41, 5.74) is 1.14. The van der Waals surface area contributed by atoms with Crippen molar-refractivity contribution in [3.8, 4) is 11.5 Å². The molecule has 0 radical (unpaired) electrons. The number of nitrogens with one attached hydrogen (secondary N) is 1. The normalized spacial score (nSPS) is 14.8. The zero-order valence-electron chi connectivity index (χ0n) is 20.3. The molecule has 9 nitrogen and oxygen atoms in total. The second-order valence-electron chi connectivity index (χ2n) is 8.13. The van der Waals surface area contributed by atoms with Gasteiger partial charge in [0.05, 0.1) is 20.8 Å². The second-order valence-corrected chi connectivity index (χ2v) is 8.13. The van der Waals surface area contributed by atoms with Crippen LogP contribution < -0.4 is 14.8 Å². The van der Waals surface area contributed by atoms with Crippen molar-refractivity contribution in [3.63, 3.8) is 0 Å².